The first-order valence-electron chi connectivity index (χ1n) is 7.63. The smallest absolute Gasteiger partial charge is 0.311 e. The molecule has 2 atom stereocenters. The van der Waals surface area contributed by atoms with Crippen LogP contribution in [0.3, 0.4) is 0 Å². The molecule has 130 valence electrons. The van der Waals surface area contributed by atoms with Crippen molar-refractivity contribution in [1.82, 2.24) is 5.32 Å². The molecule has 8 heteroatoms. The molecule has 0 aromatic heterocycles. The van der Waals surface area contributed by atoms with Crippen molar-refractivity contribution in [2.24, 2.45) is 5.92 Å². The summed E-state index contributed by atoms with van der Waals surface area (Å²) in [6, 6.07) is 4.19. The largest absolute Gasteiger partial charge is 0.469 e. The summed E-state index contributed by atoms with van der Waals surface area (Å²) in [5.74, 6) is -1.21. The molecule has 24 heavy (non-hydrogen) atoms. The molecule has 0 radical (unpaired) electrons. The second kappa shape index (κ2) is 7.29. The zero-order valence-electron chi connectivity index (χ0n) is 13.5. The minimum absolute atomic E-state index is 0.180. The number of carbonyl (C=O) groups excluding carboxylic acids is 2. The van der Waals surface area contributed by atoms with Gasteiger partial charge in [0.1, 0.15) is 0 Å². The van der Waals surface area contributed by atoms with E-state index < -0.39 is 22.3 Å². The van der Waals surface area contributed by atoms with E-state index in [-0.39, 0.29) is 17.2 Å². The monoisotopic (exact) mass is 398 g/mol. The maximum absolute atomic E-state index is 12.6. The molecule has 1 N–H and O–H groups in total. The van der Waals surface area contributed by atoms with E-state index in [0.717, 1.165) is 12.8 Å². The van der Waals surface area contributed by atoms with Gasteiger partial charge in [-0.15, -0.1) is 0 Å². The average Bonchev–Trinajstić information content (AvgIpc) is 2.54. The van der Waals surface area contributed by atoms with Gasteiger partial charge in [0.05, 0.1) is 28.0 Å². The van der Waals surface area contributed by atoms with Crippen LogP contribution in [-0.4, -0.2) is 29.4 Å². The highest BCUT2D eigenvalue weighted by Crippen LogP contribution is 2.35. The summed E-state index contributed by atoms with van der Waals surface area (Å²) >= 11 is 3.09. The maximum Gasteiger partial charge on any atom is 0.311 e. The van der Waals surface area contributed by atoms with E-state index in [1.165, 1.54) is 25.3 Å². The third-order valence-corrected chi connectivity index (χ3v) is 5.17. The summed E-state index contributed by atoms with van der Waals surface area (Å²) in [7, 11) is 1.33. The summed E-state index contributed by atoms with van der Waals surface area (Å²) in [6.45, 7) is 1.82. The number of esters is 1. The number of halogens is 1. The van der Waals surface area contributed by atoms with Gasteiger partial charge in [0.15, 0.2) is 0 Å². The summed E-state index contributed by atoms with van der Waals surface area (Å²) < 4.78 is 5.16. The maximum atomic E-state index is 12.6. The lowest BCUT2D eigenvalue weighted by Gasteiger charge is -2.40. The molecule has 0 spiro atoms. The molecule has 1 aliphatic carbocycles. The third kappa shape index (κ3) is 3.75. The van der Waals surface area contributed by atoms with E-state index in [1.54, 1.807) is 0 Å². The van der Waals surface area contributed by atoms with Crippen molar-refractivity contribution in [1.29, 1.82) is 0 Å². The van der Waals surface area contributed by atoms with Gasteiger partial charge in [-0.05, 0) is 47.8 Å². The van der Waals surface area contributed by atoms with Gasteiger partial charge in [-0.2, -0.15) is 0 Å². The lowest BCUT2D eigenvalue weighted by molar-refractivity contribution is -0.385. The van der Waals surface area contributed by atoms with Crippen molar-refractivity contribution in [2.45, 2.75) is 38.1 Å². The third-order valence-electron chi connectivity index (χ3n) is 4.50. The van der Waals surface area contributed by atoms with Gasteiger partial charge in [-0.25, -0.2) is 0 Å². The van der Waals surface area contributed by atoms with Crippen molar-refractivity contribution in [2.75, 3.05) is 7.11 Å². The Morgan fingerprint density at radius 3 is 2.75 bits per heavy atom. The molecule has 1 aliphatic rings. The molecular weight excluding hydrogens is 380 g/mol. The van der Waals surface area contributed by atoms with Crippen molar-refractivity contribution in [3.05, 3.63) is 38.3 Å². The highest BCUT2D eigenvalue weighted by molar-refractivity contribution is 9.10. The van der Waals surface area contributed by atoms with Crippen molar-refractivity contribution >= 4 is 33.5 Å². The van der Waals surface area contributed by atoms with E-state index >= 15 is 0 Å². The number of carbonyl (C=O) groups is 2. The number of rotatable bonds is 4. The topological polar surface area (TPSA) is 98.5 Å². The predicted molar refractivity (Wildman–Crippen MR) is 90.6 cm³/mol. The van der Waals surface area contributed by atoms with Crippen molar-refractivity contribution in [3.63, 3.8) is 0 Å². The fourth-order valence-electron chi connectivity index (χ4n) is 3.13. The van der Waals surface area contributed by atoms with Crippen LogP contribution in [0.4, 0.5) is 5.69 Å². The Kier molecular flexibility index (Phi) is 5.58. The molecule has 0 heterocycles. The van der Waals surface area contributed by atoms with E-state index in [4.69, 9.17) is 4.74 Å². The van der Waals surface area contributed by atoms with Gasteiger partial charge in [0.2, 0.25) is 0 Å². The Hall–Kier alpha value is -1.96. The Balaban J connectivity index is 2.25. The molecule has 2 rings (SSSR count). The Bertz CT molecular complexity index is 678. The first kappa shape index (κ1) is 18.4. The lowest BCUT2D eigenvalue weighted by atomic mass is 9.73. The predicted octanol–water partition coefficient (Wildman–Crippen LogP) is 3.21. The molecule has 0 bridgehead atoms. The number of hydrogen-bond acceptors (Lipinski definition) is 5. The Morgan fingerprint density at radius 2 is 2.12 bits per heavy atom. The van der Waals surface area contributed by atoms with E-state index in [2.05, 4.69) is 21.2 Å². The van der Waals surface area contributed by atoms with Crippen molar-refractivity contribution < 1.29 is 19.2 Å². The van der Waals surface area contributed by atoms with Crippen LogP contribution in [0.5, 0.6) is 0 Å². The second-order valence-electron chi connectivity index (χ2n) is 6.12. The fraction of sp³-hybridized carbons (Fsp3) is 0.500. The first-order valence-corrected chi connectivity index (χ1v) is 8.42. The second-order valence-corrected chi connectivity index (χ2v) is 6.97. The molecule has 1 saturated carbocycles. The molecule has 0 saturated heterocycles. The van der Waals surface area contributed by atoms with E-state index in [9.17, 15) is 19.7 Å². The van der Waals surface area contributed by atoms with Crippen LogP contribution >= 0.6 is 15.9 Å². The van der Waals surface area contributed by atoms with Crippen LogP contribution < -0.4 is 5.32 Å². The minimum Gasteiger partial charge on any atom is -0.469 e. The molecular formula is C16H19BrN2O5. The SMILES string of the molecule is COC(=O)[C@H]1CCCC[C@@]1(C)NC(=O)c1ccc(Br)c([N+](=O)[O-])c1. The number of amides is 1. The number of benzene rings is 1. The number of nitrogens with zero attached hydrogens (tertiary/aromatic N) is 1. The molecule has 0 unspecified atom stereocenters. The first-order chi connectivity index (χ1) is 11.3. The van der Waals surface area contributed by atoms with Crippen LogP contribution in [-0.2, 0) is 9.53 Å². The molecule has 1 aromatic carbocycles. The lowest BCUT2D eigenvalue weighted by Crippen LogP contribution is -2.55. The fourth-order valence-corrected chi connectivity index (χ4v) is 3.52. The minimum atomic E-state index is -0.732. The van der Waals surface area contributed by atoms with Gasteiger partial charge in [0, 0.05) is 11.6 Å². The van der Waals surface area contributed by atoms with Gasteiger partial charge in [-0.3, -0.25) is 19.7 Å². The zero-order valence-corrected chi connectivity index (χ0v) is 15.1. The number of hydrogen-bond donors (Lipinski definition) is 1. The Morgan fingerprint density at radius 1 is 1.42 bits per heavy atom. The molecule has 0 aliphatic heterocycles. The number of methoxy groups -OCH3 is 1. The standard InChI is InChI=1S/C16H19BrN2O5/c1-16(8-4-3-5-11(16)15(21)24-2)18-14(20)10-6-7-12(17)13(9-10)19(22)23/h6-7,9,11H,3-5,8H2,1-2H3,(H,18,20)/t11-,16-/m1/s1. The number of nitro benzene ring substituents is 1. The van der Waals surface area contributed by atoms with Gasteiger partial charge in [0.25, 0.3) is 11.6 Å². The number of ether oxygens (including phenoxy) is 1. The van der Waals surface area contributed by atoms with Crippen LogP contribution in [0.25, 0.3) is 0 Å². The van der Waals surface area contributed by atoms with Gasteiger partial charge < -0.3 is 10.1 Å². The van der Waals surface area contributed by atoms with Crippen LogP contribution in [0.15, 0.2) is 22.7 Å². The van der Waals surface area contributed by atoms with E-state index in [0.29, 0.717) is 17.3 Å². The summed E-state index contributed by atoms with van der Waals surface area (Å²) in [4.78, 5) is 35.0. The Labute approximate surface area is 148 Å². The zero-order chi connectivity index (χ0) is 17.9. The quantitative estimate of drug-likeness (QED) is 0.476. The summed E-state index contributed by atoms with van der Waals surface area (Å²) in [6.07, 6.45) is 3.08. The van der Waals surface area contributed by atoms with E-state index in [1.807, 2.05) is 6.92 Å². The number of nitro groups is 1. The number of nitrogens with one attached hydrogen (secondary N) is 1. The summed E-state index contributed by atoms with van der Waals surface area (Å²) in [5.41, 5.74) is -0.731. The molecule has 1 amide bonds. The van der Waals surface area contributed by atoms with Crippen LogP contribution in [0, 0.1) is 16.0 Å². The molecule has 1 fully saturated rings. The highest BCUT2D eigenvalue weighted by atomic mass is 79.9. The average molecular weight is 399 g/mol. The van der Waals surface area contributed by atoms with Crippen LogP contribution in [0.1, 0.15) is 43.0 Å². The summed E-state index contributed by atoms with van der Waals surface area (Å²) in [5, 5.41) is 13.9. The van der Waals surface area contributed by atoms with Gasteiger partial charge >= 0.3 is 5.97 Å². The van der Waals surface area contributed by atoms with Crippen LogP contribution in [0.2, 0.25) is 0 Å². The molecule has 7 nitrogen and oxygen atoms in total. The van der Waals surface area contributed by atoms with Crippen molar-refractivity contribution in [3.8, 4) is 0 Å². The highest BCUT2D eigenvalue weighted by Gasteiger charge is 2.43. The normalized spacial score (nSPS) is 23.4. The van der Waals surface area contributed by atoms with Gasteiger partial charge in [-0.1, -0.05) is 12.8 Å². The molecule has 1 aromatic rings.